The molecule has 0 aliphatic carbocycles. The Labute approximate surface area is 166 Å². The van der Waals surface area contributed by atoms with Gasteiger partial charge in [-0.3, -0.25) is 14.7 Å². The van der Waals surface area contributed by atoms with E-state index in [-0.39, 0.29) is 18.0 Å². The maximum atomic E-state index is 12.6. The van der Waals surface area contributed by atoms with Crippen LogP contribution in [0.3, 0.4) is 0 Å². The quantitative estimate of drug-likeness (QED) is 0.605. The molecule has 1 aliphatic rings. The summed E-state index contributed by atoms with van der Waals surface area (Å²) in [5, 5.41) is 13.6. The van der Waals surface area contributed by atoms with Gasteiger partial charge in [0.15, 0.2) is 0 Å². The monoisotopic (exact) mass is 382 g/mol. The standard InChI is InChI=1S/C22H30N4O2/c23-19(15-17-7-2-1-3-8-17)21(27)16-26-14-6-10-20(26)22(28)25-13-11-18-9-4-5-12-24-18/h1-5,7-9,12,19-21,27H,6,10-11,13-16,23H2,(H,25,28). The van der Waals surface area contributed by atoms with Gasteiger partial charge in [0, 0.05) is 37.4 Å². The molecule has 6 nitrogen and oxygen atoms in total. The smallest absolute Gasteiger partial charge is 0.237 e. The van der Waals surface area contributed by atoms with E-state index in [9.17, 15) is 9.90 Å². The molecule has 2 aromatic rings. The molecule has 2 heterocycles. The molecule has 28 heavy (non-hydrogen) atoms. The van der Waals surface area contributed by atoms with Gasteiger partial charge in [-0.05, 0) is 43.5 Å². The zero-order valence-corrected chi connectivity index (χ0v) is 16.2. The van der Waals surface area contributed by atoms with Crippen molar-refractivity contribution in [3.05, 3.63) is 66.0 Å². The molecule has 3 unspecified atom stereocenters. The van der Waals surface area contributed by atoms with Crippen LogP contribution in [-0.4, -0.2) is 58.7 Å². The lowest BCUT2D eigenvalue weighted by atomic mass is 10.0. The van der Waals surface area contributed by atoms with E-state index in [1.807, 2.05) is 48.5 Å². The van der Waals surface area contributed by atoms with E-state index in [2.05, 4.69) is 15.2 Å². The molecule has 1 aromatic heterocycles. The van der Waals surface area contributed by atoms with Crippen molar-refractivity contribution in [2.24, 2.45) is 5.73 Å². The minimum absolute atomic E-state index is 0.0252. The van der Waals surface area contributed by atoms with Gasteiger partial charge in [-0.1, -0.05) is 36.4 Å². The molecule has 0 radical (unpaired) electrons. The third-order valence-corrected chi connectivity index (χ3v) is 5.30. The highest BCUT2D eigenvalue weighted by Gasteiger charge is 2.32. The fraction of sp³-hybridized carbons (Fsp3) is 0.455. The van der Waals surface area contributed by atoms with Crippen LogP contribution in [0.1, 0.15) is 24.1 Å². The minimum Gasteiger partial charge on any atom is -0.390 e. The van der Waals surface area contributed by atoms with Crippen LogP contribution in [0.5, 0.6) is 0 Å². The van der Waals surface area contributed by atoms with Crippen LogP contribution in [0.25, 0.3) is 0 Å². The van der Waals surface area contributed by atoms with Crippen molar-refractivity contribution in [3.8, 4) is 0 Å². The fourth-order valence-electron chi connectivity index (χ4n) is 3.72. The topological polar surface area (TPSA) is 91.5 Å². The number of amides is 1. The SMILES string of the molecule is NC(Cc1ccccc1)C(O)CN1CCCC1C(=O)NCCc1ccccn1. The van der Waals surface area contributed by atoms with Crippen molar-refractivity contribution in [2.45, 2.75) is 43.9 Å². The molecule has 1 amide bonds. The average molecular weight is 383 g/mol. The molecule has 1 saturated heterocycles. The van der Waals surface area contributed by atoms with Crippen LogP contribution in [0.2, 0.25) is 0 Å². The summed E-state index contributed by atoms with van der Waals surface area (Å²) >= 11 is 0. The summed E-state index contributed by atoms with van der Waals surface area (Å²) in [7, 11) is 0. The third-order valence-electron chi connectivity index (χ3n) is 5.30. The number of aliphatic hydroxyl groups is 1. The van der Waals surface area contributed by atoms with Gasteiger partial charge < -0.3 is 16.2 Å². The van der Waals surface area contributed by atoms with Gasteiger partial charge in [0.05, 0.1) is 12.1 Å². The Balaban J connectivity index is 1.45. The molecule has 4 N–H and O–H groups in total. The number of hydrogen-bond donors (Lipinski definition) is 3. The summed E-state index contributed by atoms with van der Waals surface area (Å²) in [6, 6.07) is 15.2. The number of rotatable bonds is 9. The van der Waals surface area contributed by atoms with Crippen molar-refractivity contribution in [3.63, 3.8) is 0 Å². The number of carbonyl (C=O) groups excluding carboxylic acids is 1. The molecule has 1 aliphatic heterocycles. The summed E-state index contributed by atoms with van der Waals surface area (Å²) in [5.41, 5.74) is 8.29. The zero-order chi connectivity index (χ0) is 19.8. The first-order chi connectivity index (χ1) is 13.6. The molecular weight excluding hydrogens is 352 g/mol. The summed E-state index contributed by atoms with van der Waals surface area (Å²) in [6.45, 7) is 1.80. The summed E-state index contributed by atoms with van der Waals surface area (Å²) in [6.07, 6.45) is 4.20. The summed E-state index contributed by atoms with van der Waals surface area (Å²) < 4.78 is 0. The average Bonchev–Trinajstić information content (AvgIpc) is 3.17. The molecule has 3 rings (SSSR count). The zero-order valence-electron chi connectivity index (χ0n) is 16.2. The van der Waals surface area contributed by atoms with Crippen LogP contribution in [0, 0.1) is 0 Å². The van der Waals surface area contributed by atoms with Gasteiger partial charge in [0.1, 0.15) is 0 Å². The lowest BCUT2D eigenvalue weighted by Gasteiger charge is -2.28. The van der Waals surface area contributed by atoms with Crippen molar-refractivity contribution < 1.29 is 9.90 Å². The maximum Gasteiger partial charge on any atom is 0.237 e. The molecule has 0 spiro atoms. The number of hydrogen-bond acceptors (Lipinski definition) is 5. The van der Waals surface area contributed by atoms with Crippen molar-refractivity contribution >= 4 is 5.91 Å². The number of likely N-dealkylation sites (tertiary alicyclic amines) is 1. The fourth-order valence-corrected chi connectivity index (χ4v) is 3.72. The Morgan fingerprint density at radius 2 is 2.04 bits per heavy atom. The first-order valence-electron chi connectivity index (χ1n) is 10.0. The molecule has 1 aromatic carbocycles. The van der Waals surface area contributed by atoms with E-state index in [4.69, 9.17) is 5.73 Å². The second kappa shape index (κ2) is 10.3. The second-order valence-corrected chi connectivity index (χ2v) is 7.44. The van der Waals surface area contributed by atoms with Crippen molar-refractivity contribution in [2.75, 3.05) is 19.6 Å². The van der Waals surface area contributed by atoms with Crippen LogP contribution >= 0.6 is 0 Å². The summed E-state index contributed by atoms with van der Waals surface area (Å²) in [5.74, 6) is 0.0252. The van der Waals surface area contributed by atoms with Crippen molar-refractivity contribution in [1.29, 1.82) is 0 Å². The predicted octanol–water partition coefficient (Wildman–Crippen LogP) is 1.14. The number of pyridine rings is 1. The lowest BCUT2D eigenvalue weighted by molar-refractivity contribution is -0.125. The van der Waals surface area contributed by atoms with E-state index in [0.717, 1.165) is 30.6 Å². The van der Waals surface area contributed by atoms with Crippen LogP contribution in [-0.2, 0) is 17.6 Å². The van der Waals surface area contributed by atoms with Crippen LogP contribution < -0.4 is 11.1 Å². The Hall–Kier alpha value is -2.28. The number of nitrogens with zero attached hydrogens (tertiary/aromatic N) is 2. The number of aromatic nitrogens is 1. The number of benzene rings is 1. The molecule has 0 bridgehead atoms. The Morgan fingerprint density at radius 1 is 1.25 bits per heavy atom. The molecule has 3 atom stereocenters. The first-order valence-corrected chi connectivity index (χ1v) is 10.0. The van der Waals surface area contributed by atoms with E-state index in [1.54, 1.807) is 6.20 Å². The number of aliphatic hydroxyl groups excluding tert-OH is 1. The molecule has 6 heteroatoms. The highest BCUT2D eigenvalue weighted by Crippen LogP contribution is 2.18. The lowest BCUT2D eigenvalue weighted by Crippen LogP contribution is -2.50. The minimum atomic E-state index is -0.665. The van der Waals surface area contributed by atoms with E-state index in [0.29, 0.717) is 25.9 Å². The number of carbonyl (C=O) groups is 1. The highest BCUT2D eigenvalue weighted by molar-refractivity contribution is 5.82. The van der Waals surface area contributed by atoms with Crippen LogP contribution in [0.4, 0.5) is 0 Å². The van der Waals surface area contributed by atoms with E-state index in [1.165, 1.54) is 0 Å². The number of nitrogens with one attached hydrogen (secondary N) is 1. The van der Waals surface area contributed by atoms with E-state index < -0.39 is 6.10 Å². The molecule has 0 saturated carbocycles. The largest absolute Gasteiger partial charge is 0.390 e. The third kappa shape index (κ3) is 5.86. The molecule has 1 fully saturated rings. The first kappa shape index (κ1) is 20.5. The Kier molecular flexibility index (Phi) is 7.54. The van der Waals surface area contributed by atoms with Crippen molar-refractivity contribution in [1.82, 2.24) is 15.2 Å². The predicted molar refractivity (Wildman–Crippen MR) is 110 cm³/mol. The van der Waals surface area contributed by atoms with Crippen LogP contribution in [0.15, 0.2) is 54.7 Å². The van der Waals surface area contributed by atoms with Gasteiger partial charge in [-0.15, -0.1) is 0 Å². The molecular formula is C22H30N4O2. The Morgan fingerprint density at radius 3 is 2.79 bits per heavy atom. The molecule has 150 valence electrons. The maximum absolute atomic E-state index is 12.6. The number of β-amino-alcohol motifs (C(OH)–C–C–N with tert-alkyl or cyclic N) is 1. The Bertz CT molecular complexity index is 726. The summed E-state index contributed by atoms with van der Waals surface area (Å²) in [4.78, 5) is 18.9. The van der Waals surface area contributed by atoms with Gasteiger partial charge in [-0.2, -0.15) is 0 Å². The highest BCUT2D eigenvalue weighted by atomic mass is 16.3. The second-order valence-electron chi connectivity index (χ2n) is 7.44. The van der Waals surface area contributed by atoms with E-state index >= 15 is 0 Å². The van der Waals surface area contributed by atoms with Gasteiger partial charge in [0.25, 0.3) is 0 Å². The number of nitrogens with two attached hydrogens (primary N) is 1. The normalized spacial score (nSPS) is 19.3. The van der Waals surface area contributed by atoms with Gasteiger partial charge >= 0.3 is 0 Å². The van der Waals surface area contributed by atoms with Gasteiger partial charge in [0.2, 0.25) is 5.91 Å². The van der Waals surface area contributed by atoms with Gasteiger partial charge in [-0.25, -0.2) is 0 Å².